The van der Waals surface area contributed by atoms with Crippen molar-refractivity contribution in [1.82, 2.24) is 0 Å². The van der Waals surface area contributed by atoms with Gasteiger partial charge in [0.25, 0.3) is 0 Å². The molecule has 0 aliphatic heterocycles. The molecule has 0 atom stereocenters. The van der Waals surface area contributed by atoms with Gasteiger partial charge in [0.1, 0.15) is 5.58 Å². The predicted molar refractivity (Wildman–Crippen MR) is 237 cm³/mol. The first-order valence-corrected chi connectivity index (χ1v) is 19.8. The Morgan fingerprint density at radius 2 is 1.00 bits per heavy atom. The highest BCUT2D eigenvalue weighted by atomic mass is 16.3. The molecule has 0 bridgehead atoms. The van der Waals surface area contributed by atoms with Crippen LogP contribution in [0.15, 0.2) is 205 Å². The molecular formula is C55H33NO. The van der Waals surface area contributed by atoms with Crippen LogP contribution in [0.2, 0.25) is 0 Å². The molecule has 0 unspecified atom stereocenters. The van der Waals surface area contributed by atoms with Crippen molar-refractivity contribution in [2.75, 3.05) is 4.90 Å². The number of para-hydroxylation sites is 3. The van der Waals surface area contributed by atoms with E-state index in [1.807, 2.05) is 6.07 Å². The molecule has 2 aliphatic rings. The fraction of sp³-hybridized carbons (Fsp3) is 0.0182. The van der Waals surface area contributed by atoms with Gasteiger partial charge >= 0.3 is 0 Å². The number of fused-ring (bicyclic) bond motifs is 19. The number of benzene rings is 10. The first-order chi connectivity index (χ1) is 28.3. The van der Waals surface area contributed by atoms with Gasteiger partial charge in [-0.3, -0.25) is 0 Å². The van der Waals surface area contributed by atoms with Gasteiger partial charge in [-0.05, 0) is 125 Å². The smallest absolute Gasteiger partial charge is 0.159 e. The number of rotatable bonds is 3. The molecule has 1 spiro atoms. The van der Waals surface area contributed by atoms with E-state index in [4.69, 9.17) is 4.42 Å². The van der Waals surface area contributed by atoms with Gasteiger partial charge in [-0.2, -0.15) is 0 Å². The van der Waals surface area contributed by atoms with Gasteiger partial charge in [-0.15, -0.1) is 0 Å². The third kappa shape index (κ3) is 3.99. The van der Waals surface area contributed by atoms with E-state index in [0.717, 1.165) is 39.0 Å². The van der Waals surface area contributed by atoms with Crippen LogP contribution < -0.4 is 4.90 Å². The van der Waals surface area contributed by atoms with Crippen molar-refractivity contribution in [2.45, 2.75) is 5.41 Å². The summed E-state index contributed by atoms with van der Waals surface area (Å²) in [6.07, 6.45) is 0. The molecule has 57 heavy (non-hydrogen) atoms. The van der Waals surface area contributed by atoms with Crippen molar-refractivity contribution in [2.24, 2.45) is 0 Å². The van der Waals surface area contributed by atoms with Crippen LogP contribution in [0.5, 0.6) is 0 Å². The summed E-state index contributed by atoms with van der Waals surface area (Å²) in [5, 5.41) is 9.79. The first-order valence-electron chi connectivity index (χ1n) is 19.8. The van der Waals surface area contributed by atoms with Gasteiger partial charge in [0, 0.05) is 22.1 Å². The molecular weight excluding hydrogens is 691 g/mol. The number of hydrogen-bond donors (Lipinski definition) is 0. The van der Waals surface area contributed by atoms with Crippen molar-refractivity contribution < 1.29 is 4.42 Å². The summed E-state index contributed by atoms with van der Waals surface area (Å²) >= 11 is 0. The lowest BCUT2D eigenvalue weighted by atomic mass is 9.69. The second-order valence-corrected chi connectivity index (χ2v) is 15.5. The van der Waals surface area contributed by atoms with Crippen LogP contribution in [-0.2, 0) is 5.41 Å². The van der Waals surface area contributed by atoms with Gasteiger partial charge in [0.2, 0.25) is 0 Å². The zero-order valence-corrected chi connectivity index (χ0v) is 30.9. The highest BCUT2D eigenvalue weighted by molar-refractivity contribution is 6.21. The Morgan fingerprint density at radius 3 is 1.79 bits per heavy atom. The summed E-state index contributed by atoms with van der Waals surface area (Å²) in [6, 6.07) is 73.8. The standard InChI is InChI=1S/C55H33NO/c1-2-17-36(18-3-1)56(50-27-14-24-44-41-22-10-13-28-51(41)57-54(44)50)37-29-30-43-45(33-37)38-19-6-7-23-42(38)52-46-31-34-15-4-5-16-35(34)32-49(46)55(53(43)52)47-25-11-8-20-39(47)40-21-9-12-26-48(40)55/h1-33H. The summed E-state index contributed by atoms with van der Waals surface area (Å²) in [7, 11) is 0. The lowest BCUT2D eigenvalue weighted by Gasteiger charge is -2.32. The van der Waals surface area contributed by atoms with Crippen LogP contribution in [0.25, 0.3) is 76.5 Å². The number of hydrogen-bond acceptors (Lipinski definition) is 2. The minimum atomic E-state index is -0.495. The summed E-state index contributed by atoms with van der Waals surface area (Å²) in [5.74, 6) is 0. The maximum atomic E-state index is 6.68. The zero-order valence-electron chi connectivity index (χ0n) is 30.9. The van der Waals surface area contributed by atoms with Crippen LogP contribution in [0.3, 0.4) is 0 Å². The molecule has 0 N–H and O–H groups in total. The molecule has 13 rings (SSSR count). The molecule has 1 heterocycles. The Labute approximate surface area is 329 Å². The Bertz CT molecular complexity index is 3440. The highest BCUT2D eigenvalue weighted by Crippen LogP contribution is 2.66. The van der Waals surface area contributed by atoms with Crippen LogP contribution in [0, 0.1) is 0 Å². The average Bonchev–Trinajstić information content (AvgIpc) is 3.91. The molecule has 11 aromatic rings. The summed E-state index contributed by atoms with van der Waals surface area (Å²) in [4.78, 5) is 2.36. The van der Waals surface area contributed by atoms with Crippen LogP contribution in [0.1, 0.15) is 22.3 Å². The molecule has 2 nitrogen and oxygen atoms in total. The molecule has 0 saturated carbocycles. The maximum absolute atomic E-state index is 6.68. The van der Waals surface area contributed by atoms with Gasteiger partial charge < -0.3 is 9.32 Å². The van der Waals surface area contributed by atoms with Crippen LogP contribution in [-0.4, -0.2) is 0 Å². The molecule has 2 aliphatic carbocycles. The Hall–Kier alpha value is -7.42. The maximum Gasteiger partial charge on any atom is 0.159 e. The van der Waals surface area contributed by atoms with Gasteiger partial charge in [0.15, 0.2) is 5.58 Å². The number of anilines is 3. The monoisotopic (exact) mass is 723 g/mol. The van der Waals surface area contributed by atoms with E-state index in [-0.39, 0.29) is 0 Å². The average molecular weight is 724 g/mol. The molecule has 0 amide bonds. The Balaban J connectivity index is 1.17. The normalized spacial score (nSPS) is 13.4. The van der Waals surface area contributed by atoms with Crippen molar-refractivity contribution in [1.29, 1.82) is 0 Å². The molecule has 0 radical (unpaired) electrons. The largest absolute Gasteiger partial charge is 0.454 e. The SMILES string of the molecule is c1ccc(N(c2ccc3c4c(c5ccccc5c3c2)-c2cc3ccccc3cc2C42c3ccccc3-c3ccccc32)c2cccc3c2oc2ccccc23)cc1. The van der Waals surface area contributed by atoms with E-state index in [2.05, 4.69) is 199 Å². The van der Waals surface area contributed by atoms with Gasteiger partial charge in [-0.25, -0.2) is 0 Å². The fourth-order valence-corrected chi connectivity index (χ4v) is 10.6. The van der Waals surface area contributed by atoms with E-state index in [9.17, 15) is 0 Å². The third-order valence-electron chi connectivity index (χ3n) is 12.8. The Morgan fingerprint density at radius 1 is 0.368 bits per heavy atom. The van der Waals surface area contributed by atoms with Gasteiger partial charge in [0.05, 0.1) is 11.1 Å². The minimum absolute atomic E-state index is 0.495. The quantitative estimate of drug-likeness (QED) is 0.169. The first kappa shape index (κ1) is 30.9. The lowest BCUT2D eigenvalue weighted by Crippen LogP contribution is -2.26. The Kier molecular flexibility index (Phi) is 6.13. The summed E-state index contributed by atoms with van der Waals surface area (Å²) < 4.78 is 6.68. The van der Waals surface area contributed by atoms with Gasteiger partial charge in [-0.1, -0.05) is 152 Å². The summed E-state index contributed by atoms with van der Waals surface area (Å²) in [6.45, 7) is 0. The van der Waals surface area contributed by atoms with E-state index >= 15 is 0 Å². The number of nitrogens with zero attached hydrogens (tertiary/aromatic N) is 1. The molecule has 1 aromatic heterocycles. The zero-order chi connectivity index (χ0) is 37.2. The fourth-order valence-electron chi connectivity index (χ4n) is 10.6. The van der Waals surface area contributed by atoms with Crippen molar-refractivity contribution in [3.05, 3.63) is 222 Å². The third-order valence-corrected chi connectivity index (χ3v) is 12.8. The number of furan rings is 1. The van der Waals surface area contributed by atoms with E-state index < -0.39 is 5.41 Å². The topological polar surface area (TPSA) is 16.4 Å². The van der Waals surface area contributed by atoms with E-state index in [1.165, 1.54) is 76.8 Å². The van der Waals surface area contributed by atoms with E-state index in [0.29, 0.717) is 0 Å². The second kappa shape index (κ2) is 11.3. The summed E-state index contributed by atoms with van der Waals surface area (Å²) in [5.41, 5.74) is 15.1. The van der Waals surface area contributed by atoms with Crippen molar-refractivity contribution in [3.63, 3.8) is 0 Å². The van der Waals surface area contributed by atoms with Crippen LogP contribution in [0.4, 0.5) is 17.1 Å². The lowest BCUT2D eigenvalue weighted by molar-refractivity contribution is 0.669. The van der Waals surface area contributed by atoms with Crippen molar-refractivity contribution >= 4 is 71.3 Å². The second-order valence-electron chi connectivity index (χ2n) is 15.5. The molecule has 2 heteroatoms. The molecule has 264 valence electrons. The highest BCUT2D eigenvalue weighted by Gasteiger charge is 2.53. The molecule has 0 fully saturated rings. The van der Waals surface area contributed by atoms with Crippen molar-refractivity contribution in [3.8, 4) is 22.3 Å². The predicted octanol–water partition coefficient (Wildman–Crippen LogP) is 14.9. The van der Waals surface area contributed by atoms with Crippen LogP contribution >= 0.6 is 0 Å². The van der Waals surface area contributed by atoms with E-state index in [1.54, 1.807) is 0 Å². The molecule has 10 aromatic carbocycles. The molecule has 0 saturated heterocycles. The minimum Gasteiger partial charge on any atom is -0.454 e.